The van der Waals surface area contributed by atoms with E-state index in [0.717, 1.165) is 9.37 Å². The number of hydrogen-bond donors (Lipinski definition) is 0. The first-order chi connectivity index (χ1) is 12.4. The normalized spacial score (nSPS) is 10.8. The van der Waals surface area contributed by atoms with Crippen molar-refractivity contribution >= 4 is 33.5 Å². The summed E-state index contributed by atoms with van der Waals surface area (Å²) in [5.41, 5.74) is 1.53. The van der Waals surface area contributed by atoms with E-state index in [1.807, 2.05) is 18.2 Å². The highest BCUT2D eigenvalue weighted by molar-refractivity contribution is 9.10. The minimum absolute atomic E-state index is 0.121. The zero-order chi connectivity index (χ0) is 18.8. The van der Waals surface area contributed by atoms with E-state index in [4.69, 9.17) is 0 Å². The minimum Gasteiger partial charge on any atom is -0.294 e. The largest absolute Gasteiger partial charge is 0.294 e. The van der Waals surface area contributed by atoms with Gasteiger partial charge in [-0.1, -0.05) is 23.9 Å². The Morgan fingerprint density at radius 3 is 2.38 bits per heavy atom. The summed E-state index contributed by atoms with van der Waals surface area (Å²) < 4.78 is 15.4. The van der Waals surface area contributed by atoms with Crippen LogP contribution < -0.4 is 5.56 Å². The van der Waals surface area contributed by atoms with Gasteiger partial charge in [-0.15, -0.1) is 0 Å². The first-order valence-corrected chi connectivity index (χ1v) is 9.45. The van der Waals surface area contributed by atoms with Crippen molar-refractivity contribution in [3.63, 3.8) is 0 Å². The number of carbonyl (C=O) groups excluding carboxylic acids is 1. The molecule has 1 aromatic heterocycles. The second kappa shape index (κ2) is 7.60. The fourth-order valence-electron chi connectivity index (χ4n) is 2.60. The number of carbonyl (C=O) groups is 1. The van der Waals surface area contributed by atoms with Crippen LogP contribution in [0.1, 0.15) is 22.8 Å². The summed E-state index contributed by atoms with van der Waals surface area (Å²) in [6.45, 7) is 3.23. The van der Waals surface area contributed by atoms with Crippen molar-refractivity contribution in [2.45, 2.75) is 23.6 Å². The van der Waals surface area contributed by atoms with Gasteiger partial charge in [0.1, 0.15) is 5.82 Å². The standard InChI is InChI=1S/C20H15BrFNO2S/c1-12-16(13(2)24)11-23(18-6-4-3-5-17(18)21)20(25)19(12)26-15-9-7-14(22)8-10-15/h3-11H,1-2H3. The lowest BCUT2D eigenvalue weighted by Gasteiger charge is -2.15. The SMILES string of the molecule is CC(=O)c1cn(-c2ccccc2Br)c(=O)c(Sc2ccc(F)cc2)c1C. The summed E-state index contributed by atoms with van der Waals surface area (Å²) in [4.78, 5) is 26.4. The molecular formula is C20H15BrFNO2S. The Bertz CT molecular complexity index is 1040. The van der Waals surface area contributed by atoms with Crippen molar-refractivity contribution < 1.29 is 9.18 Å². The van der Waals surface area contributed by atoms with Crippen LogP contribution in [0.2, 0.25) is 0 Å². The molecule has 0 aliphatic rings. The summed E-state index contributed by atoms with van der Waals surface area (Å²) in [5.74, 6) is -0.460. The summed E-state index contributed by atoms with van der Waals surface area (Å²) in [6.07, 6.45) is 1.58. The Hall–Kier alpha value is -2.18. The van der Waals surface area contributed by atoms with Crippen LogP contribution in [0.5, 0.6) is 0 Å². The van der Waals surface area contributed by atoms with Crippen molar-refractivity contribution in [1.82, 2.24) is 4.57 Å². The number of benzene rings is 2. The Labute approximate surface area is 163 Å². The van der Waals surface area contributed by atoms with Crippen molar-refractivity contribution in [2.75, 3.05) is 0 Å². The number of Topliss-reactive ketones (excluding diaryl/α,β-unsaturated/α-hetero) is 1. The molecule has 0 amide bonds. The Morgan fingerprint density at radius 1 is 1.12 bits per heavy atom. The van der Waals surface area contributed by atoms with Gasteiger partial charge < -0.3 is 0 Å². The number of rotatable bonds is 4. The predicted molar refractivity (Wildman–Crippen MR) is 105 cm³/mol. The van der Waals surface area contributed by atoms with Crippen LogP contribution in [0.4, 0.5) is 4.39 Å². The van der Waals surface area contributed by atoms with Crippen LogP contribution in [0.15, 0.2) is 73.8 Å². The van der Waals surface area contributed by atoms with Crippen LogP contribution >= 0.6 is 27.7 Å². The summed E-state index contributed by atoms with van der Waals surface area (Å²) >= 11 is 4.68. The molecular weight excluding hydrogens is 417 g/mol. The lowest BCUT2D eigenvalue weighted by molar-refractivity contribution is 0.101. The fraction of sp³-hybridized carbons (Fsp3) is 0.100. The molecule has 0 radical (unpaired) electrons. The van der Waals surface area contributed by atoms with Crippen molar-refractivity contribution in [3.05, 3.63) is 86.5 Å². The Kier molecular flexibility index (Phi) is 5.44. The summed E-state index contributed by atoms with van der Waals surface area (Å²) in [7, 11) is 0. The third kappa shape index (κ3) is 3.66. The molecule has 3 nitrogen and oxygen atoms in total. The number of hydrogen-bond acceptors (Lipinski definition) is 3. The van der Waals surface area contributed by atoms with Gasteiger partial charge in [0.2, 0.25) is 0 Å². The third-order valence-corrected chi connectivity index (χ3v) is 5.80. The highest BCUT2D eigenvalue weighted by Crippen LogP contribution is 2.30. The first-order valence-electron chi connectivity index (χ1n) is 7.84. The van der Waals surface area contributed by atoms with Gasteiger partial charge in [0.15, 0.2) is 5.78 Å². The molecule has 3 rings (SSSR count). The molecule has 2 aromatic carbocycles. The molecule has 0 unspecified atom stereocenters. The van der Waals surface area contributed by atoms with Crippen LogP contribution in [0.25, 0.3) is 5.69 Å². The van der Waals surface area contributed by atoms with Crippen LogP contribution in [0.3, 0.4) is 0 Å². The molecule has 0 bridgehead atoms. The molecule has 1 heterocycles. The second-order valence-electron chi connectivity index (χ2n) is 5.74. The average Bonchev–Trinajstić information content (AvgIpc) is 2.61. The van der Waals surface area contributed by atoms with Gasteiger partial charge in [-0.3, -0.25) is 14.2 Å². The number of para-hydroxylation sites is 1. The molecule has 6 heteroatoms. The lowest BCUT2D eigenvalue weighted by atomic mass is 10.1. The lowest BCUT2D eigenvalue weighted by Crippen LogP contribution is -2.23. The van der Waals surface area contributed by atoms with E-state index < -0.39 is 0 Å². The topological polar surface area (TPSA) is 39.1 Å². The molecule has 0 aliphatic carbocycles. The van der Waals surface area contributed by atoms with Gasteiger partial charge in [-0.25, -0.2) is 4.39 Å². The second-order valence-corrected chi connectivity index (χ2v) is 7.67. The van der Waals surface area contributed by atoms with Gasteiger partial charge in [0.05, 0.1) is 10.6 Å². The molecule has 0 fully saturated rings. The molecule has 0 atom stereocenters. The molecule has 0 spiro atoms. The Balaban J connectivity index is 2.23. The van der Waals surface area contributed by atoms with E-state index in [-0.39, 0.29) is 17.2 Å². The number of ketones is 1. The molecule has 0 aliphatic heterocycles. The van der Waals surface area contributed by atoms with Crippen LogP contribution in [0, 0.1) is 12.7 Å². The first kappa shape index (κ1) is 18.6. The molecule has 0 saturated heterocycles. The zero-order valence-electron chi connectivity index (χ0n) is 14.1. The Morgan fingerprint density at radius 2 is 1.77 bits per heavy atom. The van der Waals surface area contributed by atoms with Crippen molar-refractivity contribution in [2.24, 2.45) is 0 Å². The number of halogens is 2. The van der Waals surface area contributed by atoms with Gasteiger partial charge >= 0.3 is 0 Å². The third-order valence-electron chi connectivity index (χ3n) is 3.94. The molecule has 3 aromatic rings. The van der Waals surface area contributed by atoms with Crippen molar-refractivity contribution in [3.8, 4) is 5.69 Å². The average molecular weight is 432 g/mol. The van der Waals surface area contributed by atoms with Gasteiger partial charge in [0.25, 0.3) is 5.56 Å². The highest BCUT2D eigenvalue weighted by atomic mass is 79.9. The summed E-state index contributed by atoms with van der Waals surface area (Å²) in [6, 6.07) is 13.2. The van der Waals surface area contributed by atoms with Gasteiger partial charge in [-0.05, 0) is 71.7 Å². The van der Waals surface area contributed by atoms with Gasteiger partial charge in [-0.2, -0.15) is 0 Å². The quantitative estimate of drug-likeness (QED) is 0.519. The smallest absolute Gasteiger partial charge is 0.269 e. The maximum atomic E-state index is 13.2. The molecule has 0 N–H and O–H groups in total. The highest BCUT2D eigenvalue weighted by Gasteiger charge is 2.18. The minimum atomic E-state index is -0.339. The number of pyridine rings is 1. The maximum absolute atomic E-state index is 13.2. The van der Waals surface area contributed by atoms with E-state index in [0.29, 0.717) is 21.7 Å². The maximum Gasteiger partial charge on any atom is 0.269 e. The number of aromatic nitrogens is 1. The van der Waals surface area contributed by atoms with E-state index >= 15 is 0 Å². The predicted octanol–water partition coefficient (Wildman–Crippen LogP) is 5.40. The zero-order valence-corrected chi connectivity index (χ0v) is 16.5. The monoisotopic (exact) mass is 431 g/mol. The van der Waals surface area contributed by atoms with Crippen LogP contribution in [-0.2, 0) is 0 Å². The van der Waals surface area contributed by atoms with E-state index in [2.05, 4.69) is 15.9 Å². The number of nitrogens with zero attached hydrogens (tertiary/aromatic N) is 1. The van der Waals surface area contributed by atoms with E-state index in [1.165, 1.54) is 35.4 Å². The fourth-order valence-corrected chi connectivity index (χ4v) is 4.03. The molecule has 26 heavy (non-hydrogen) atoms. The van der Waals surface area contributed by atoms with Crippen LogP contribution in [-0.4, -0.2) is 10.4 Å². The van der Waals surface area contributed by atoms with Gasteiger partial charge in [0, 0.05) is 21.1 Å². The van der Waals surface area contributed by atoms with E-state index in [1.54, 1.807) is 31.3 Å². The van der Waals surface area contributed by atoms with E-state index in [9.17, 15) is 14.0 Å². The van der Waals surface area contributed by atoms with Crippen molar-refractivity contribution in [1.29, 1.82) is 0 Å². The molecule has 132 valence electrons. The molecule has 0 saturated carbocycles. The summed E-state index contributed by atoms with van der Waals surface area (Å²) in [5, 5.41) is 0.